The first-order valence-corrected chi connectivity index (χ1v) is 7.34. The van der Waals surface area contributed by atoms with Gasteiger partial charge < -0.3 is 10.4 Å². The second kappa shape index (κ2) is 4.99. The van der Waals surface area contributed by atoms with Crippen LogP contribution in [0, 0.1) is 29.6 Å². The molecule has 104 valence electrons. The van der Waals surface area contributed by atoms with Crippen LogP contribution >= 0.6 is 0 Å². The van der Waals surface area contributed by atoms with E-state index in [4.69, 9.17) is 5.11 Å². The number of hydrogen-bond donors (Lipinski definition) is 2. The van der Waals surface area contributed by atoms with Gasteiger partial charge in [0.1, 0.15) is 0 Å². The summed E-state index contributed by atoms with van der Waals surface area (Å²) in [5.41, 5.74) is 0. The van der Waals surface area contributed by atoms with Crippen molar-refractivity contribution < 1.29 is 14.7 Å². The first-order valence-electron chi connectivity index (χ1n) is 7.34. The third-order valence-corrected chi connectivity index (χ3v) is 5.18. The fraction of sp³-hybridized carbons (Fsp3) is 0.733. The maximum Gasteiger partial charge on any atom is 0.307 e. The van der Waals surface area contributed by atoms with Gasteiger partial charge >= 0.3 is 5.97 Å². The Morgan fingerprint density at radius 1 is 1.11 bits per heavy atom. The molecule has 4 nitrogen and oxygen atoms in total. The lowest BCUT2D eigenvalue weighted by molar-refractivity contribution is -0.152. The van der Waals surface area contributed by atoms with Crippen LogP contribution in [0.5, 0.6) is 0 Å². The Morgan fingerprint density at radius 2 is 1.89 bits per heavy atom. The molecule has 0 aromatic carbocycles. The molecule has 1 amide bonds. The van der Waals surface area contributed by atoms with Gasteiger partial charge in [-0.15, -0.1) is 0 Å². The Bertz CT molecular complexity index is 418. The van der Waals surface area contributed by atoms with E-state index in [1.165, 1.54) is 19.3 Å². The number of nitrogens with one attached hydrogen (secondary N) is 1. The molecule has 2 N–H and O–H groups in total. The highest BCUT2D eigenvalue weighted by Gasteiger charge is 2.41. The number of fused-ring (bicyclic) bond motifs is 2. The van der Waals surface area contributed by atoms with Gasteiger partial charge in [0.25, 0.3) is 0 Å². The molecular formula is C15H21NO3. The zero-order valence-corrected chi connectivity index (χ0v) is 11.0. The van der Waals surface area contributed by atoms with Crippen molar-refractivity contribution in [1.82, 2.24) is 5.32 Å². The topological polar surface area (TPSA) is 66.4 Å². The second-order valence-electron chi connectivity index (χ2n) is 6.26. The van der Waals surface area contributed by atoms with Crippen LogP contribution in [0.2, 0.25) is 0 Å². The predicted molar refractivity (Wildman–Crippen MR) is 70.3 cm³/mol. The van der Waals surface area contributed by atoms with Crippen molar-refractivity contribution >= 4 is 11.9 Å². The van der Waals surface area contributed by atoms with Crippen LogP contribution < -0.4 is 5.32 Å². The number of amides is 1. The Morgan fingerprint density at radius 3 is 2.37 bits per heavy atom. The molecule has 0 saturated heterocycles. The fourth-order valence-electron chi connectivity index (χ4n) is 3.76. The van der Waals surface area contributed by atoms with Crippen molar-refractivity contribution in [2.45, 2.75) is 32.1 Å². The Labute approximate surface area is 113 Å². The van der Waals surface area contributed by atoms with E-state index in [2.05, 4.69) is 17.5 Å². The normalized spacial score (nSPS) is 39.7. The summed E-state index contributed by atoms with van der Waals surface area (Å²) in [6.45, 7) is 0.715. The zero-order chi connectivity index (χ0) is 13.4. The number of carbonyl (C=O) groups excluding carboxylic acids is 1. The first-order chi connectivity index (χ1) is 9.15. The number of carbonyl (C=O) groups is 2. The van der Waals surface area contributed by atoms with E-state index in [1.54, 1.807) is 0 Å². The molecule has 0 aromatic heterocycles. The van der Waals surface area contributed by atoms with Crippen LogP contribution in [0.4, 0.5) is 0 Å². The standard InChI is InChI=1S/C15H21NO3/c17-14(12-5-6-13(12)15(18)19)16-8-11-7-9-1-3-10(11)4-2-9/h1,3,9-13H,2,4-8H2,(H,16,17)(H,18,19). The lowest BCUT2D eigenvalue weighted by atomic mass is 9.69. The number of carboxylic acid groups (broad SMARTS) is 1. The van der Waals surface area contributed by atoms with Crippen molar-refractivity contribution in [1.29, 1.82) is 0 Å². The van der Waals surface area contributed by atoms with Crippen LogP contribution in [-0.2, 0) is 9.59 Å². The number of hydrogen-bond acceptors (Lipinski definition) is 2. The largest absolute Gasteiger partial charge is 0.481 e. The minimum absolute atomic E-state index is 0.0518. The SMILES string of the molecule is O=C(O)C1CCC1C(=O)NCC1CC2C=CC1CC2. The van der Waals surface area contributed by atoms with Gasteiger partial charge in [-0.2, -0.15) is 0 Å². The molecule has 5 atom stereocenters. The van der Waals surface area contributed by atoms with Crippen molar-refractivity contribution in [3.05, 3.63) is 12.2 Å². The monoisotopic (exact) mass is 263 g/mol. The van der Waals surface area contributed by atoms with E-state index in [9.17, 15) is 9.59 Å². The highest BCUT2D eigenvalue weighted by Crippen LogP contribution is 2.40. The number of aliphatic carboxylic acids is 1. The summed E-state index contributed by atoms with van der Waals surface area (Å²) in [5.74, 6) is 0.229. The molecule has 0 spiro atoms. The molecule has 0 heterocycles. The molecule has 5 unspecified atom stereocenters. The van der Waals surface area contributed by atoms with Crippen LogP contribution in [0.3, 0.4) is 0 Å². The van der Waals surface area contributed by atoms with Gasteiger partial charge in [-0.1, -0.05) is 12.2 Å². The van der Waals surface area contributed by atoms with E-state index >= 15 is 0 Å². The summed E-state index contributed by atoms with van der Waals surface area (Å²) in [6, 6.07) is 0. The van der Waals surface area contributed by atoms with Crippen molar-refractivity contribution in [2.75, 3.05) is 6.54 Å². The highest BCUT2D eigenvalue weighted by molar-refractivity contribution is 5.86. The molecule has 19 heavy (non-hydrogen) atoms. The Kier molecular flexibility index (Phi) is 3.33. The molecule has 4 heteroatoms. The maximum absolute atomic E-state index is 12.0. The maximum atomic E-state index is 12.0. The van der Waals surface area contributed by atoms with Gasteiger partial charge in [0.2, 0.25) is 5.91 Å². The predicted octanol–water partition coefficient (Wildman–Crippen LogP) is 1.82. The third kappa shape index (κ3) is 2.40. The molecule has 4 aliphatic rings. The van der Waals surface area contributed by atoms with E-state index in [-0.39, 0.29) is 11.8 Å². The lowest BCUT2D eigenvalue weighted by Gasteiger charge is -2.39. The molecule has 4 rings (SSSR count). The quantitative estimate of drug-likeness (QED) is 0.760. The van der Waals surface area contributed by atoms with Crippen LogP contribution in [0.25, 0.3) is 0 Å². The third-order valence-electron chi connectivity index (χ3n) is 5.18. The molecule has 2 saturated carbocycles. The Balaban J connectivity index is 1.49. The van der Waals surface area contributed by atoms with Crippen molar-refractivity contribution in [2.24, 2.45) is 29.6 Å². The smallest absolute Gasteiger partial charge is 0.307 e. The Hall–Kier alpha value is -1.32. The highest BCUT2D eigenvalue weighted by atomic mass is 16.4. The molecular weight excluding hydrogens is 242 g/mol. The van der Waals surface area contributed by atoms with E-state index in [1.807, 2.05) is 0 Å². The summed E-state index contributed by atoms with van der Waals surface area (Å²) in [4.78, 5) is 22.9. The zero-order valence-electron chi connectivity index (χ0n) is 11.0. The average Bonchev–Trinajstić information content (AvgIpc) is 2.36. The summed E-state index contributed by atoms with van der Waals surface area (Å²) >= 11 is 0. The number of allylic oxidation sites excluding steroid dienone is 2. The minimum atomic E-state index is -0.828. The summed E-state index contributed by atoms with van der Waals surface area (Å²) < 4.78 is 0. The summed E-state index contributed by atoms with van der Waals surface area (Å²) in [6.07, 6.45) is 9.69. The number of rotatable bonds is 4. The van der Waals surface area contributed by atoms with Crippen molar-refractivity contribution in [3.63, 3.8) is 0 Å². The van der Waals surface area contributed by atoms with Crippen LogP contribution in [0.15, 0.2) is 12.2 Å². The lowest BCUT2D eigenvalue weighted by Crippen LogP contribution is -2.46. The summed E-state index contributed by atoms with van der Waals surface area (Å²) in [7, 11) is 0. The van der Waals surface area contributed by atoms with Crippen LogP contribution in [0.1, 0.15) is 32.1 Å². The van der Waals surface area contributed by atoms with Gasteiger partial charge in [-0.05, 0) is 49.9 Å². The van der Waals surface area contributed by atoms with Gasteiger partial charge in [0, 0.05) is 6.54 Å². The first kappa shape index (κ1) is 12.7. The van der Waals surface area contributed by atoms with Gasteiger partial charge in [0.05, 0.1) is 11.8 Å². The molecule has 2 bridgehead atoms. The molecule has 0 radical (unpaired) electrons. The van der Waals surface area contributed by atoms with Crippen LogP contribution in [-0.4, -0.2) is 23.5 Å². The van der Waals surface area contributed by atoms with E-state index in [0.717, 1.165) is 6.42 Å². The average molecular weight is 263 g/mol. The van der Waals surface area contributed by atoms with Gasteiger partial charge in [-0.25, -0.2) is 0 Å². The van der Waals surface area contributed by atoms with E-state index < -0.39 is 11.9 Å². The summed E-state index contributed by atoms with van der Waals surface area (Å²) in [5, 5.41) is 12.0. The second-order valence-corrected chi connectivity index (χ2v) is 6.26. The number of carboxylic acids is 1. The van der Waals surface area contributed by atoms with Gasteiger partial charge in [-0.3, -0.25) is 9.59 Å². The molecule has 2 fully saturated rings. The van der Waals surface area contributed by atoms with Crippen molar-refractivity contribution in [3.8, 4) is 0 Å². The molecule has 0 aromatic rings. The molecule has 0 aliphatic heterocycles. The minimum Gasteiger partial charge on any atom is -0.481 e. The molecule has 4 aliphatic carbocycles. The van der Waals surface area contributed by atoms with Gasteiger partial charge in [0.15, 0.2) is 0 Å². The fourth-order valence-corrected chi connectivity index (χ4v) is 3.76. The van der Waals surface area contributed by atoms with E-state index in [0.29, 0.717) is 30.7 Å².